The van der Waals surface area contributed by atoms with E-state index in [1.54, 1.807) is 12.1 Å². The number of Topliss-reactive ketones (excluding diaryl/α,β-unsaturated/α-hetero) is 1. The fraction of sp³-hybridized carbons (Fsp3) is 0.333. The standard InChI is InChI=1S/C12H11Cl2NO3/c13-9-2-1-8(5-10(9)14)11(16)6-15-3-4-18-7-12(15)17/h1-2,5H,3-4,6-7H2. The lowest BCUT2D eigenvalue weighted by molar-refractivity contribution is -0.141. The minimum Gasteiger partial charge on any atom is -0.370 e. The minimum absolute atomic E-state index is 0.0364. The molecule has 1 saturated heterocycles. The molecule has 1 heterocycles. The maximum atomic E-state index is 12.0. The fourth-order valence-electron chi connectivity index (χ4n) is 1.65. The van der Waals surface area contributed by atoms with Crippen molar-refractivity contribution in [2.24, 2.45) is 0 Å². The monoisotopic (exact) mass is 287 g/mol. The van der Waals surface area contributed by atoms with Crippen LogP contribution in [0.25, 0.3) is 0 Å². The molecule has 4 nitrogen and oxygen atoms in total. The van der Waals surface area contributed by atoms with Crippen LogP contribution in [0.15, 0.2) is 18.2 Å². The van der Waals surface area contributed by atoms with Crippen LogP contribution in [0, 0.1) is 0 Å². The SMILES string of the molecule is O=C(CN1CCOCC1=O)c1ccc(Cl)c(Cl)c1. The van der Waals surface area contributed by atoms with Crippen molar-refractivity contribution < 1.29 is 14.3 Å². The van der Waals surface area contributed by atoms with Gasteiger partial charge in [0.1, 0.15) is 6.61 Å². The van der Waals surface area contributed by atoms with Crippen LogP contribution in [0.4, 0.5) is 0 Å². The second-order valence-corrected chi connectivity index (χ2v) is 4.73. The molecule has 6 heteroatoms. The second kappa shape index (κ2) is 5.69. The molecule has 2 rings (SSSR count). The molecule has 96 valence electrons. The maximum Gasteiger partial charge on any atom is 0.249 e. The molecule has 1 aliphatic rings. The van der Waals surface area contributed by atoms with Gasteiger partial charge in [-0.1, -0.05) is 23.2 Å². The highest BCUT2D eigenvalue weighted by Crippen LogP contribution is 2.22. The molecule has 0 aromatic heterocycles. The van der Waals surface area contributed by atoms with Crippen molar-refractivity contribution in [3.05, 3.63) is 33.8 Å². The van der Waals surface area contributed by atoms with Crippen molar-refractivity contribution in [3.8, 4) is 0 Å². The topological polar surface area (TPSA) is 46.6 Å². The van der Waals surface area contributed by atoms with Gasteiger partial charge in [-0.3, -0.25) is 9.59 Å². The Balaban J connectivity index is 2.07. The molecular formula is C12H11Cl2NO3. The molecule has 0 saturated carbocycles. The summed E-state index contributed by atoms with van der Waals surface area (Å²) in [5.74, 6) is -0.335. The van der Waals surface area contributed by atoms with E-state index in [0.717, 1.165) is 0 Å². The first-order valence-corrected chi connectivity index (χ1v) is 6.17. The van der Waals surface area contributed by atoms with Gasteiger partial charge >= 0.3 is 0 Å². The Bertz CT molecular complexity index is 490. The van der Waals surface area contributed by atoms with Crippen LogP contribution >= 0.6 is 23.2 Å². The first-order chi connectivity index (χ1) is 8.58. The fourth-order valence-corrected chi connectivity index (χ4v) is 1.95. The minimum atomic E-state index is -0.172. The van der Waals surface area contributed by atoms with Gasteiger partial charge in [0.2, 0.25) is 5.91 Å². The molecule has 0 unspecified atom stereocenters. The molecule has 1 fully saturated rings. The number of rotatable bonds is 3. The van der Waals surface area contributed by atoms with Gasteiger partial charge in [-0.15, -0.1) is 0 Å². The van der Waals surface area contributed by atoms with Crippen LogP contribution in [0.3, 0.4) is 0 Å². The third kappa shape index (κ3) is 3.02. The zero-order valence-electron chi connectivity index (χ0n) is 9.49. The average Bonchev–Trinajstić information content (AvgIpc) is 2.35. The number of morpholine rings is 1. The van der Waals surface area contributed by atoms with E-state index in [2.05, 4.69) is 0 Å². The number of amides is 1. The number of carbonyl (C=O) groups is 2. The number of halogens is 2. The van der Waals surface area contributed by atoms with E-state index >= 15 is 0 Å². The molecule has 1 aromatic carbocycles. The predicted octanol–water partition coefficient (Wildman–Crippen LogP) is 2.03. The van der Waals surface area contributed by atoms with Crippen LogP contribution in [0.1, 0.15) is 10.4 Å². The van der Waals surface area contributed by atoms with Gasteiger partial charge in [0.25, 0.3) is 0 Å². The summed E-state index contributed by atoms with van der Waals surface area (Å²) < 4.78 is 4.99. The number of carbonyl (C=O) groups excluding carboxylic acids is 2. The van der Waals surface area contributed by atoms with Gasteiger partial charge in [-0.25, -0.2) is 0 Å². The summed E-state index contributed by atoms with van der Waals surface area (Å²) in [6.45, 7) is 0.973. The first-order valence-electron chi connectivity index (χ1n) is 5.41. The quantitative estimate of drug-likeness (QED) is 0.800. The second-order valence-electron chi connectivity index (χ2n) is 3.92. The summed E-state index contributed by atoms with van der Waals surface area (Å²) in [5, 5.41) is 0.728. The Morgan fingerprint density at radius 1 is 1.33 bits per heavy atom. The van der Waals surface area contributed by atoms with Crippen LogP contribution in [-0.4, -0.2) is 42.9 Å². The molecule has 0 N–H and O–H groups in total. The third-order valence-electron chi connectivity index (χ3n) is 2.66. The van der Waals surface area contributed by atoms with Gasteiger partial charge in [0, 0.05) is 12.1 Å². The van der Waals surface area contributed by atoms with Crippen LogP contribution in [0.2, 0.25) is 10.0 Å². The van der Waals surface area contributed by atoms with Crippen LogP contribution in [-0.2, 0) is 9.53 Å². The van der Waals surface area contributed by atoms with E-state index in [1.807, 2.05) is 0 Å². The average molecular weight is 288 g/mol. The summed E-state index contributed by atoms with van der Waals surface area (Å²) in [6, 6.07) is 4.68. The lowest BCUT2D eigenvalue weighted by atomic mass is 10.1. The summed E-state index contributed by atoms with van der Waals surface area (Å²) in [4.78, 5) is 24.9. The lowest BCUT2D eigenvalue weighted by Crippen LogP contribution is -2.44. The van der Waals surface area contributed by atoms with Crippen LogP contribution < -0.4 is 0 Å². The van der Waals surface area contributed by atoms with Gasteiger partial charge in [-0.2, -0.15) is 0 Å². The highest BCUT2D eigenvalue weighted by Gasteiger charge is 2.21. The van der Waals surface area contributed by atoms with Crippen molar-refractivity contribution in [1.82, 2.24) is 4.90 Å². The molecule has 1 aromatic rings. The summed E-state index contributed by atoms with van der Waals surface area (Å²) in [7, 11) is 0. The Kier molecular flexibility index (Phi) is 4.22. The molecule has 0 bridgehead atoms. The number of ketones is 1. The zero-order valence-corrected chi connectivity index (χ0v) is 11.0. The molecule has 0 atom stereocenters. The van der Waals surface area contributed by atoms with E-state index in [0.29, 0.717) is 28.8 Å². The molecule has 1 aliphatic heterocycles. The van der Waals surface area contributed by atoms with Gasteiger partial charge in [0.15, 0.2) is 5.78 Å². The van der Waals surface area contributed by atoms with E-state index in [1.165, 1.54) is 11.0 Å². The van der Waals surface area contributed by atoms with E-state index < -0.39 is 0 Å². The first kappa shape index (κ1) is 13.3. The Labute approximate surface area is 114 Å². The number of ether oxygens (including phenoxy) is 1. The van der Waals surface area contributed by atoms with Gasteiger partial charge in [-0.05, 0) is 18.2 Å². The van der Waals surface area contributed by atoms with Crippen LogP contribution in [0.5, 0.6) is 0 Å². The third-order valence-corrected chi connectivity index (χ3v) is 3.40. The van der Waals surface area contributed by atoms with Crippen molar-refractivity contribution in [2.75, 3.05) is 26.3 Å². The Morgan fingerprint density at radius 2 is 2.11 bits per heavy atom. The maximum absolute atomic E-state index is 12.0. The molecule has 1 amide bonds. The van der Waals surface area contributed by atoms with E-state index in [9.17, 15) is 9.59 Å². The molecule has 0 radical (unpaired) electrons. The normalized spacial score (nSPS) is 15.9. The van der Waals surface area contributed by atoms with Crippen molar-refractivity contribution in [1.29, 1.82) is 0 Å². The smallest absolute Gasteiger partial charge is 0.249 e. The van der Waals surface area contributed by atoms with Gasteiger partial charge < -0.3 is 9.64 Å². The number of benzene rings is 1. The van der Waals surface area contributed by atoms with Gasteiger partial charge in [0.05, 0.1) is 23.2 Å². The Hall–Kier alpha value is -1.10. The zero-order chi connectivity index (χ0) is 13.1. The summed E-state index contributed by atoms with van der Waals surface area (Å²) >= 11 is 11.6. The number of hydrogen-bond donors (Lipinski definition) is 0. The highest BCUT2D eigenvalue weighted by atomic mass is 35.5. The van der Waals surface area contributed by atoms with E-state index in [4.69, 9.17) is 27.9 Å². The summed E-state index contributed by atoms with van der Waals surface area (Å²) in [5.41, 5.74) is 0.448. The molecular weight excluding hydrogens is 277 g/mol. The molecule has 18 heavy (non-hydrogen) atoms. The Morgan fingerprint density at radius 3 is 2.78 bits per heavy atom. The lowest BCUT2D eigenvalue weighted by Gasteiger charge is -2.26. The van der Waals surface area contributed by atoms with Crippen molar-refractivity contribution in [2.45, 2.75) is 0 Å². The van der Waals surface area contributed by atoms with Crippen molar-refractivity contribution in [3.63, 3.8) is 0 Å². The predicted molar refractivity (Wildman–Crippen MR) is 68.2 cm³/mol. The summed E-state index contributed by atoms with van der Waals surface area (Å²) in [6.07, 6.45) is 0. The number of nitrogens with zero attached hydrogens (tertiary/aromatic N) is 1. The number of hydrogen-bond acceptors (Lipinski definition) is 3. The largest absolute Gasteiger partial charge is 0.370 e. The van der Waals surface area contributed by atoms with E-state index in [-0.39, 0.29) is 24.8 Å². The highest BCUT2D eigenvalue weighted by molar-refractivity contribution is 6.42. The molecule has 0 aliphatic carbocycles. The molecule has 0 spiro atoms. The van der Waals surface area contributed by atoms with Crippen molar-refractivity contribution >= 4 is 34.9 Å².